The Bertz CT molecular complexity index is 1090. The molecule has 3 aromatic rings. The summed E-state index contributed by atoms with van der Waals surface area (Å²) in [5.74, 6) is -0.0310. The Labute approximate surface area is 184 Å². The molecule has 0 aliphatic carbocycles. The van der Waals surface area contributed by atoms with Gasteiger partial charge in [-0.3, -0.25) is 4.68 Å². The predicted molar refractivity (Wildman–Crippen MR) is 104 cm³/mol. The van der Waals surface area contributed by atoms with Crippen LogP contribution in [0.15, 0.2) is 36.7 Å². The quantitative estimate of drug-likeness (QED) is 0.529. The molecular formula is C19H19ClF3N5O4. The molecule has 3 heterocycles. The van der Waals surface area contributed by atoms with Gasteiger partial charge >= 0.3 is 6.18 Å². The zero-order chi connectivity index (χ0) is 23.2. The van der Waals surface area contributed by atoms with Crippen LogP contribution >= 0.6 is 11.6 Å². The van der Waals surface area contributed by atoms with Crippen molar-refractivity contribution in [3.8, 4) is 5.69 Å². The predicted octanol–water partition coefficient (Wildman–Crippen LogP) is 1.84. The molecule has 172 valence electrons. The van der Waals surface area contributed by atoms with E-state index >= 15 is 0 Å². The van der Waals surface area contributed by atoms with Gasteiger partial charge in [0, 0.05) is 17.4 Å². The van der Waals surface area contributed by atoms with Crippen LogP contribution in [-0.2, 0) is 10.9 Å². The maximum absolute atomic E-state index is 13.7. The third kappa shape index (κ3) is 3.99. The fraction of sp³-hybridized carbons (Fsp3) is 0.421. The SMILES string of the molecule is Cc1nc([C@@H]2OC(CO)[C@H](O)[C@H](n3cccn3)C2O)n(-c2cc(Cl)ccc2C(F)(F)F)n1. The summed E-state index contributed by atoms with van der Waals surface area (Å²) in [6.07, 6.45) is -7.11. The Kier molecular flexibility index (Phi) is 5.98. The molecule has 2 aromatic heterocycles. The van der Waals surface area contributed by atoms with Gasteiger partial charge in [-0.2, -0.15) is 23.4 Å². The van der Waals surface area contributed by atoms with E-state index in [-0.39, 0.29) is 16.7 Å². The Balaban J connectivity index is 1.85. The van der Waals surface area contributed by atoms with Crippen LogP contribution in [0, 0.1) is 6.92 Å². The molecule has 4 rings (SSSR count). The highest BCUT2D eigenvalue weighted by Gasteiger charge is 2.48. The van der Waals surface area contributed by atoms with E-state index in [1.807, 2.05) is 0 Å². The molecule has 1 aliphatic heterocycles. The van der Waals surface area contributed by atoms with Crippen molar-refractivity contribution in [2.75, 3.05) is 6.61 Å². The number of ether oxygens (including phenoxy) is 1. The van der Waals surface area contributed by atoms with Gasteiger partial charge in [-0.25, -0.2) is 9.67 Å². The first-order valence-corrected chi connectivity index (χ1v) is 9.92. The van der Waals surface area contributed by atoms with Gasteiger partial charge in [-0.05, 0) is 31.2 Å². The second-order valence-electron chi connectivity index (χ2n) is 7.32. The van der Waals surface area contributed by atoms with Crippen molar-refractivity contribution < 1.29 is 33.2 Å². The van der Waals surface area contributed by atoms with Crippen LogP contribution in [0.4, 0.5) is 13.2 Å². The summed E-state index contributed by atoms with van der Waals surface area (Å²) in [4.78, 5) is 4.19. The highest BCUT2D eigenvalue weighted by atomic mass is 35.5. The first-order chi connectivity index (χ1) is 15.1. The second-order valence-corrected chi connectivity index (χ2v) is 7.76. The normalized spacial score (nSPS) is 26.4. The monoisotopic (exact) mass is 473 g/mol. The minimum absolute atomic E-state index is 0.0373. The van der Waals surface area contributed by atoms with Crippen LogP contribution in [0.2, 0.25) is 5.02 Å². The number of hydrogen-bond donors (Lipinski definition) is 3. The Morgan fingerprint density at radius 3 is 2.59 bits per heavy atom. The van der Waals surface area contributed by atoms with Crippen LogP contribution < -0.4 is 0 Å². The molecule has 32 heavy (non-hydrogen) atoms. The molecule has 0 radical (unpaired) electrons. The topological polar surface area (TPSA) is 118 Å². The second kappa shape index (κ2) is 8.45. The van der Waals surface area contributed by atoms with Gasteiger partial charge in [0.1, 0.15) is 36.3 Å². The van der Waals surface area contributed by atoms with Crippen LogP contribution in [0.5, 0.6) is 0 Å². The van der Waals surface area contributed by atoms with Crippen LogP contribution in [0.25, 0.3) is 5.69 Å². The van der Waals surface area contributed by atoms with Crippen molar-refractivity contribution >= 4 is 11.6 Å². The number of alkyl halides is 3. The first kappa shape index (κ1) is 22.7. The average Bonchev–Trinajstić information content (AvgIpc) is 3.37. The van der Waals surface area contributed by atoms with Crippen molar-refractivity contribution in [3.05, 3.63) is 58.9 Å². The summed E-state index contributed by atoms with van der Waals surface area (Å²) >= 11 is 5.96. The van der Waals surface area contributed by atoms with Crippen LogP contribution in [0.1, 0.15) is 29.4 Å². The summed E-state index contributed by atoms with van der Waals surface area (Å²) in [6.45, 7) is 0.858. The largest absolute Gasteiger partial charge is 0.418 e. The van der Waals surface area contributed by atoms with Crippen LogP contribution in [-0.4, -0.2) is 64.8 Å². The van der Waals surface area contributed by atoms with E-state index < -0.39 is 54.5 Å². The van der Waals surface area contributed by atoms with Crippen molar-refractivity contribution in [2.24, 2.45) is 0 Å². The van der Waals surface area contributed by atoms with Gasteiger partial charge in [-0.1, -0.05) is 11.6 Å². The van der Waals surface area contributed by atoms with Crippen molar-refractivity contribution in [2.45, 2.75) is 43.6 Å². The van der Waals surface area contributed by atoms with E-state index in [1.54, 1.807) is 6.07 Å². The lowest BCUT2D eigenvalue weighted by molar-refractivity contribution is -0.210. The molecule has 0 bridgehead atoms. The summed E-state index contributed by atoms with van der Waals surface area (Å²) < 4.78 is 48.9. The number of rotatable bonds is 4. The van der Waals surface area contributed by atoms with Crippen molar-refractivity contribution in [1.29, 1.82) is 0 Å². The smallest absolute Gasteiger partial charge is 0.394 e. The van der Waals surface area contributed by atoms with E-state index in [2.05, 4.69) is 15.2 Å². The standard InChI is InChI=1S/C19H19ClF3N5O4/c1-9-25-18(28(26-9)12-7-10(20)3-4-11(12)19(21,22)23)17-16(31)14(27-6-2-5-24-27)15(30)13(8-29)32-17/h2-7,13-17,29-31H,8H2,1H3/t13?,14-,15-,16?,17+/m0/s1. The molecule has 1 aliphatic rings. The third-order valence-electron chi connectivity index (χ3n) is 5.21. The molecule has 0 spiro atoms. The third-order valence-corrected chi connectivity index (χ3v) is 5.44. The number of nitrogens with zero attached hydrogens (tertiary/aromatic N) is 5. The van der Waals surface area contributed by atoms with E-state index in [1.165, 1.54) is 24.0 Å². The molecule has 5 atom stereocenters. The lowest BCUT2D eigenvalue weighted by Crippen LogP contribution is -2.53. The van der Waals surface area contributed by atoms with Gasteiger partial charge in [0.25, 0.3) is 0 Å². The number of aliphatic hydroxyl groups is 3. The lowest BCUT2D eigenvalue weighted by atomic mass is 9.92. The Hall–Kier alpha value is -2.51. The van der Waals surface area contributed by atoms with Gasteiger partial charge < -0.3 is 20.1 Å². The molecule has 0 saturated carbocycles. The molecule has 13 heteroatoms. The fourth-order valence-electron chi connectivity index (χ4n) is 3.80. The van der Waals surface area contributed by atoms with Crippen molar-refractivity contribution in [3.63, 3.8) is 0 Å². The Morgan fingerprint density at radius 2 is 1.97 bits per heavy atom. The number of halogens is 4. The number of benzene rings is 1. The number of aromatic nitrogens is 5. The number of aliphatic hydroxyl groups excluding tert-OH is 3. The summed E-state index contributed by atoms with van der Waals surface area (Å²) in [7, 11) is 0. The van der Waals surface area contributed by atoms with Crippen LogP contribution in [0.3, 0.4) is 0 Å². The van der Waals surface area contributed by atoms with Gasteiger partial charge in [0.15, 0.2) is 5.82 Å². The Morgan fingerprint density at radius 1 is 1.22 bits per heavy atom. The fourth-order valence-corrected chi connectivity index (χ4v) is 3.96. The van der Waals surface area contributed by atoms with Gasteiger partial charge in [-0.15, -0.1) is 0 Å². The maximum Gasteiger partial charge on any atom is 0.418 e. The zero-order valence-electron chi connectivity index (χ0n) is 16.6. The van der Waals surface area contributed by atoms with Gasteiger partial charge in [0.05, 0.1) is 17.9 Å². The molecule has 9 nitrogen and oxygen atoms in total. The maximum atomic E-state index is 13.7. The first-order valence-electron chi connectivity index (χ1n) is 9.54. The molecule has 1 aromatic carbocycles. The number of aryl methyl sites for hydroxylation is 1. The minimum atomic E-state index is -4.72. The van der Waals surface area contributed by atoms with E-state index in [9.17, 15) is 28.5 Å². The summed E-state index contributed by atoms with van der Waals surface area (Å²) in [6, 6.07) is 3.53. The van der Waals surface area contributed by atoms with E-state index in [0.717, 1.165) is 22.9 Å². The molecule has 2 unspecified atom stereocenters. The summed E-state index contributed by atoms with van der Waals surface area (Å²) in [5.41, 5.74) is -1.42. The van der Waals surface area contributed by atoms with E-state index in [4.69, 9.17) is 16.3 Å². The molecule has 0 amide bonds. The van der Waals surface area contributed by atoms with Crippen molar-refractivity contribution in [1.82, 2.24) is 24.5 Å². The molecule has 1 fully saturated rings. The zero-order valence-corrected chi connectivity index (χ0v) is 17.3. The minimum Gasteiger partial charge on any atom is -0.394 e. The summed E-state index contributed by atoms with van der Waals surface area (Å²) in [5, 5.41) is 39.5. The average molecular weight is 474 g/mol. The lowest BCUT2D eigenvalue weighted by Gasteiger charge is -2.41. The van der Waals surface area contributed by atoms with E-state index in [0.29, 0.717) is 0 Å². The highest BCUT2D eigenvalue weighted by Crippen LogP contribution is 2.40. The molecular weight excluding hydrogens is 455 g/mol. The molecule has 1 saturated heterocycles. The number of hydrogen-bond acceptors (Lipinski definition) is 7. The highest BCUT2D eigenvalue weighted by molar-refractivity contribution is 6.30. The molecule has 3 N–H and O–H groups in total. The van der Waals surface area contributed by atoms with Gasteiger partial charge in [0.2, 0.25) is 0 Å².